The molecule has 1 aliphatic rings. The van der Waals surface area contributed by atoms with E-state index in [0.717, 1.165) is 24.3 Å². The lowest BCUT2D eigenvalue weighted by atomic mass is 10.1. The summed E-state index contributed by atoms with van der Waals surface area (Å²) < 4.78 is 5.50. The monoisotopic (exact) mass is 231 g/mol. The highest BCUT2D eigenvalue weighted by atomic mass is 16.5. The minimum absolute atomic E-state index is 0.212. The van der Waals surface area contributed by atoms with Crippen LogP contribution in [0.15, 0.2) is 18.2 Å². The number of ether oxygens (including phenoxy) is 1. The average molecular weight is 231 g/mol. The van der Waals surface area contributed by atoms with Crippen molar-refractivity contribution in [3.8, 4) is 6.07 Å². The lowest BCUT2D eigenvalue weighted by molar-refractivity contribution is 0.0532. The van der Waals surface area contributed by atoms with E-state index in [0.29, 0.717) is 18.7 Å². The fraction of sp³-hybridized carbons (Fsp3) is 0.462. The van der Waals surface area contributed by atoms with Crippen LogP contribution in [0.3, 0.4) is 0 Å². The summed E-state index contributed by atoms with van der Waals surface area (Å²) in [6, 6.07) is 8.08. The van der Waals surface area contributed by atoms with Crippen molar-refractivity contribution in [1.29, 1.82) is 5.26 Å². The molecule has 1 aromatic rings. The molecule has 1 unspecified atom stereocenters. The Labute approximate surface area is 102 Å². The van der Waals surface area contributed by atoms with Gasteiger partial charge in [0.05, 0.1) is 24.0 Å². The number of nitrogens with two attached hydrogens (primary N) is 1. The second-order valence-electron chi connectivity index (χ2n) is 4.29. The Balaban J connectivity index is 2.28. The average Bonchev–Trinajstić information content (AvgIpc) is 2.38. The van der Waals surface area contributed by atoms with Gasteiger partial charge in [-0.25, -0.2) is 0 Å². The van der Waals surface area contributed by atoms with E-state index in [1.54, 1.807) is 0 Å². The maximum atomic E-state index is 9.19. The van der Waals surface area contributed by atoms with E-state index in [-0.39, 0.29) is 6.10 Å². The van der Waals surface area contributed by atoms with Gasteiger partial charge in [0.25, 0.3) is 0 Å². The number of hydrogen-bond donors (Lipinski definition) is 1. The van der Waals surface area contributed by atoms with E-state index in [1.165, 1.54) is 0 Å². The zero-order valence-corrected chi connectivity index (χ0v) is 10.0. The molecular weight excluding hydrogens is 214 g/mol. The van der Waals surface area contributed by atoms with Crippen LogP contribution >= 0.6 is 0 Å². The number of morpholine rings is 1. The molecule has 1 saturated heterocycles. The van der Waals surface area contributed by atoms with Gasteiger partial charge >= 0.3 is 0 Å². The molecule has 0 aliphatic carbocycles. The Hall–Kier alpha value is -1.57. The summed E-state index contributed by atoms with van der Waals surface area (Å²) in [5.41, 5.74) is 8.26. The predicted molar refractivity (Wildman–Crippen MR) is 66.7 cm³/mol. The molecule has 0 aromatic heterocycles. The molecule has 2 rings (SSSR count). The molecule has 2 N–H and O–H groups in total. The fourth-order valence-corrected chi connectivity index (χ4v) is 2.11. The van der Waals surface area contributed by atoms with Gasteiger partial charge in [0.15, 0.2) is 0 Å². The van der Waals surface area contributed by atoms with E-state index >= 15 is 0 Å². The zero-order chi connectivity index (χ0) is 12.3. The van der Waals surface area contributed by atoms with Gasteiger partial charge in [-0.05, 0) is 24.6 Å². The number of nitrogens with zero attached hydrogens (tertiary/aromatic N) is 2. The molecule has 0 bridgehead atoms. The van der Waals surface area contributed by atoms with Gasteiger partial charge in [-0.2, -0.15) is 5.26 Å². The molecule has 1 aliphatic heterocycles. The number of rotatable bonds is 2. The van der Waals surface area contributed by atoms with Gasteiger partial charge in [0.2, 0.25) is 0 Å². The Bertz CT molecular complexity index is 439. The van der Waals surface area contributed by atoms with Crippen LogP contribution in [-0.2, 0) is 11.3 Å². The molecule has 1 fully saturated rings. The first-order chi connectivity index (χ1) is 8.24. The minimum atomic E-state index is 0.212. The van der Waals surface area contributed by atoms with Gasteiger partial charge in [-0.3, -0.25) is 0 Å². The van der Waals surface area contributed by atoms with Crippen molar-refractivity contribution in [2.75, 3.05) is 24.6 Å². The van der Waals surface area contributed by atoms with Crippen LogP contribution in [0, 0.1) is 11.3 Å². The molecule has 1 heterocycles. The van der Waals surface area contributed by atoms with E-state index in [9.17, 15) is 5.26 Å². The normalized spacial score (nSPS) is 20.1. The Morgan fingerprint density at radius 2 is 2.41 bits per heavy atom. The molecule has 1 atom stereocenters. The summed E-state index contributed by atoms with van der Waals surface area (Å²) in [7, 11) is 0. The van der Waals surface area contributed by atoms with Crippen LogP contribution in [0.1, 0.15) is 18.1 Å². The van der Waals surface area contributed by atoms with Crippen LogP contribution in [0.25, 0.3) is 0 Å². The third-order valence-electron chi connectivity index (χ3n) is 3.00. The smallest absolute Gasteiger partial charge is 0.101 e. The summed E-state index contributed by atoms with van der Waals surface area (Å²) in [6.45, 7) is 4.89. The van der Waals surface area contributed by atoms with Gasteiger partial charge in [-0.1, -0.05) is 6.07 Å². The first-order valence-corrected chi connectivity index (χ1v) is 5.84. The topological polar surface area (TPSA) is 62.3 Å². The quantitative estimate of drug-likeness (QED) is 0.832. The number of hydrogen-bond acceptors (Lipinski definition) is 4. The highest BCUT2D eigenvalue weighted by Crippen LogP contribution is 2.23. The first kappa shape index (κ1) is 11.9. The second kappa shape index (κ2) is 5.17. The molecule has 90 valence electrons. The summed E-state index contributed by atoms with van der Waals surface area (Å²) in [4.78, 5) is 2.20. The molecule has 0 spiro atoms. The van der Waals surface area contributed by atoms with Crippen LogP contribution < -0.4 is 10.6 Å². The van der Waals surface area contributed by atoms with Gasteiger partial charge in [-0.15, -0.1) is 0 Å². The highest BCUT2D eigenvalue weighted by Gasteiger charge is 2.19. The first-order valence-electron chi connectivity index (χ1n) is 5.84. The van der Waals surface area contributed by atoms with E-state index in [2.05, 4.69) is 11.0 Å². The molecule has 0 amide bonds. The molecule has 0 radical (unpaired) electrons. The Morgan fingerprint density at radius 1 is 1.59 bits per heavy atom. The van der Waals surface area contributed by atoms with Gasteiger partial charge in [0.1, 0.15) is 6.07 Å². The zero-order valence-electron chi connectivity index (χ0n) is 10.0. The minimum Gasteiger partial charge on any atom is -0.375 e. The Kier molecular flexibility index (Phi) is 3.62. The molecule has 0 saturated carbocycles. The summed E-state index contributed by atoms with van der Waals surface area (Å²) in [6.07, 6.45) is 0.212. The maximum Gasteiger partial charge on any atom is 0.101 e. The molecule has 1 aromatic carbocycles. The summed E-state index contributed by atoms with van der Waals surface area (Å²) in [5, 5.41) is 9.19. The van der Waals surface area contributed by atoms with Crippen LogP contribution in [0.2, 0.25) is 0 Å². The molecule has 4 heteroatoms. The van der Waals surface area contributed by atoms with Gasteiger partial charge in [0, 0.05) is 19.6 Å². The highest BCUT2D eigenvalue weighted by molar-refractivity contribution is 5.60. The van der Waals surface area contributed by atoms with E-state index in [1.807, 2.05) is 25.1 Å². The van der Waals surface area contributed by atoms with E-state index < -0.39 is 0 Å². The number of anilines is 1. The van der Waals surface area contributed by atoms with Crippen molar-refractivity contribution in [1.82, 2.24) is 0 Å². The summed E-state index contributed by atoms with van der Waals surface area (Å²) in [5.74, 6) is 0. The lowest BCUT2D eigenvalue weighted by Crippen LogP contribution is -2.41. The largest absolute Gasteiger partial charge is 0.375 e. The lowest BCUT2D eigenvalue weighted by Gasteiger charge is -2.33. The second-order valence-corrected chi connectivity index (χ2v) is 4.29. The van der Waals surface area contributed by atoms with Crippen molar-refractivity contribution in [3.63, 3.8) is 0 Å². The third-order valence-corrected chi connectivity index (χ3v) is 3.00. The van der Waals surface area contributed by atoms with Crippen molar-refractivity contribution in [2.24, 2.45) is 5.73 Å². The van der Waals surface area contributed by atoms with Gasteiger partial charge < -0.3 is 15.4 Å². The van der Waals surface area contributed by atoms with Crippen molar-refractivity contribution >= 4 is 5.69 Å². The van der Waals surface area contributed by atoms with E-state index in [4.69, 9.17) is 10.5 Å². The standard InChI is InChI=1S/C13H17N3O/c1-10-9-16(4-5-17-10)13-3-2-11(7-14)6-12(13)8-15/h2-3,6,10H,4-5,7,9,14H2,1H3. The van der Waals surface area contributed by atoms with Crippen molar-refractivity contribution in [2.45, 2.75) is 19.6 Å². The Morgan fingerprint density at radius 3 is 3.06 bits per heavy atom. The molecular formula is C13H17N3O. The maximum absolute atomic E-state index is 9.19. The van der Waals surface area contributed by atoms with Crippen LogP contribution in [-0.4, -0.2) is 25.8 Å². The third kappa shape index (κ3) is 2.57. The molecule has 4 nitrogen and oxygen atoms in total. The van der Waals surface area contributed by atoms with Crippen molar-refractivity contribution in [3.05, 3.63) is 29.3 Å². The van der Waals surface area contributed by atoms with Crippen molar-refractivity contribution < 1.29 is 4.74 Å². The fourth-order valence-electron chi connectivity index (χ4n) is 2.11. The SMILES string of the molecule is CC1CN(c2ccc(CN)cc2C#N)CCO1. The van der Waals surface area contributed by atoms with Crippen LogP contribution in [0.4, 0.5) is 5.69 Å². The predicted octanol–water partition coefficient (Wildman–Crippen LogP) is 1.24. The molecule has 17 heavy (non-hydrogen) atoms. The number of nitriles is 1. The number of benzene rings is 1. The summed E-state index contributed by atoms with van der Waals surface area (Å²) >= 11 is 0. The van der Waals surface area contributed by atoms with Crippen LogP contribution in [0.5, 0.6) is 0 Å².